The Labute approximate surface area is 191 Å². The van der Waals surface area contributed by atoms with E-state index >= 15 is 0 Å². The third kappa shape index (κ3) is 6.80. The highest BCUT2D eigenvalue weighted by Crippen LogP contribution is 2.22. The van der Waals surface area contributed by atoms with Gasteiger partial charge in [-0.25, -0.2) is 9.59 Å². The average Bonchev–Trinajstić information content (AvgIpc) is 3.62. The molecule has 2 aromatic carbocycles. The Morgan fingerprint density at radius 2 is 1.52 bits per heavy atom. The first-order valence-electron chi connectivity index (χ1n) is 10.8. The monoisotopic (exact) mass is 453 g/mol. The average molecular weight is 453 g/mol. The number of amides is 2. The summed E-state index contributed by atoms with van der Waals surface area (Å²) in [5.74, 6) is -1.82. The van der Waals surface area contributed by atoms with E-state index in [1.807, 2.05) is 0 Å². The second kappa shape index (κ2) is 11.1. The molecule has 0 heterocycles. The third-order valence-corrected chi connectivity index (χ3v) is 4.77. The van der Waals surface area contributed by atoms with Crippen LogP contribution in [0.2, 0.25) is 0 Å². The maximum atomic E-state index is 12.5. The van der Waals surface area contributed by atoms with Gasteiger partial charge in [0.2, 0.25) is 5.91 Å². The van der Waals surface area contributed by atoms with Crippen LogP contribution in [-0.4, -0.2) is 49.6 Å². The lowest BCUT2D eigenvalue weighted by Crippen LogP contribution is -2.28. The molecule has 0 atom stereocenters. The largest absolute Gasteiger partial charge is 0.462 e. The van der Waals surface area contributed by atoms with Crippen LogP contribution in [0.25, 0.3) is 0 Å². The van der Waals surface area contributed by atoms with E-state index in [9.17, 15) is 19.2 Å². The summed E-state index contributed by atoms with van der Waals surface area (Å²) < 4.78 is 10.0. The van der Waals surface area contributed by atoms with Gasteiger partial charge >= 0.3 is 11.9 Å². The molecular weight excluding hydrogens is 426 g/mol. The van der Waals surface area contributed by atoms with Crippen molar-refractivity contribution < 1.29 is 28.7 Å². The minimum Gasteiger partial charge on any atom is -0.462 e. The number of rotatable bonds is 10. The second-order valence-corrected chi connectivity index (χ2v) is 7.44. The maximum absolute atomic E-state index is 12.5. The zero-order chi connectivity index (χ0) is 23.8. The van der Waals surface area contributed by atoms with Gasteiger partial charge in [0.25, 0.3) is 5.91 Å². The highest BCUT2D eigenvalue weighted by Gasteiger charge is 2.25. The fourth-order valence-corrected chi connectivity index (χ4v) is 3.05. The normalized spacial score (nSPS) is 12.4. The summed E-state index contributed by atoms with van der Waals surface area (Å²) >= 11 is 0. The van der Waals surface area contributed by atoms with Crippen molar-refractivity contribution in [1.82, 2.24) is 5.32 Å². The summed E-state index contributed by atoms with van der Waals surface area (Å²) in [6.45, 7) is 3.56. The Balaban J connectivity index is 1.70. The van der Waals surface area contributed by atoms with Crippen molar-refractivity contribution in [3.63, 3.8) is 0 Å². The molecule has 3 N–H and O–H groups in total. The number of hydrogen-bond donors (Lipinski definition) is 3. The molecule has 0 spiro atoms. The standard InChI is InChI=1S/C24H27N3O6/c1-3-32-23(30)15-11-16(24(31)33-4-2)13-18(12-15)25-14-21(28)27-20-8-6-5-7-19(20)22(29)26-17-9-10-17/h5-8,11-13,17,25H,3-4,9-10,14H2,1-2H3,(H,26,29)(H,27,28). The predicted octanol–water partition coefficient (Wildman–Crippen LogP) is 2.98. The molecule has 0 bridgehead atoms. The molecule has 33 heavy (non-hydrogen) atoms. The van der Waals surface area contributed by atoms with E-state index in [1.165, 1.54) is 18.2 Å². The van der Waals surface area contributed by atoms with Gasteiger partial charge in [-0.2, -0.15) is 0 Å². The number of hydrogen-bond acceptors (Lipinski definition) is 7. The Bertz CT molecular complexity index is 1010. The maximum Gasteiger partial charge on any atom is 0.338 e. The Morgan fingerprint density at radius 1 is 0.909 bits per heavy atom. The highest BCUT2D eigenvalue weighted by atomic mass is 16.5. The first-order valence-corrected chi connectivity index (χ1v) is 10.8. The molecule has 1 fully saturated rings. The lowest BCUT2D eigenvalue weighted by atomic mass is 10.1. The van der Waals surface area contributed by atoms with Crippen LogP contribution in [0.4, 0.5) is 11.4 Å². The molecule has 1 saturated carbocycles. The number of nitrogens with one attached hydrogen (secondary N) is 3. The number of ether oxygens (including phenoxy) is 2. The minimum absolute atomic E-state index is 0.160. The van der Waals surface area contributed by atoms with Crippen LogP contribution in [0.5, 0.6) is 0 Å². The molecule has 2 aromatic rings. The van der Waals surface area contributed by atoms with Crippen molar-refractivity contribution in [2.75, 3.05) is 30.4 Å². The van der Waals surface area contributed by atoms with E-state index in [0.717, 1.165) is 12.8 Å². The quantitative estimate of drug-likeness (QED) is 0.473. The van der Waals surface area contributed by atoms with Gasteiger partial charge in [0.15, 0.2) is 0 Å². The first kappa shape index (κ1) is 23.8. The van der Waals surface area contributed by atoms with Crippen molar-refractivity contribution >= 4 is 35.1 Å². The lowest BCUT2D eigenvalue weighted by Gasteiger charge is -2.13. The number of para-hydroxylation sites is 1. The number of carbonyl (C=O) groups excluding carboxylic acids is 4. The lowest BCUT2D eigenvalue weighted by molar-refractivity contribution is -0.114. The number of anilines is 2. The van der Waals surface area contributed by atoms with Gasteiger partial charge in [-0.15, -0.1) is 0 Å². The van der Waals surface area contributed by atoms with Crippen LogP contribution < -0.4 is 16.0 Å². The van der Waals surface area contributed by atoms with E-state index in [4.69, 9.17) is 9.47 Å². The summed E-state index contributed by atoms with van der Waals surface area (Å²) in [7, 11) is 0. The molecule has 3 rings (SSSR count). The molecule has 0 aromatic heterocycles. The smallest absolute Gasteiger partial charge is 0.338 e. The van der Waals surface area contributed by atoms with Gasteiger partial charge in [0, 0.05) is 11.7 Å². The molecule has 0 radical (unpaired) electrons. The van der Waals surface area contributed by atoms with E-state index in [0.29, 0.717) is 16.9 Å². The van der Waals surface area contributed by atoms with Crippen LogP contribution in [-0.2, 0) is 14.3 Å². The molecule has 1 aliphatic carbocycles. The van der Waals surface area contributed by atoms with Gasteiger partial charge in [0.1, 0.15) is 0 Å². The molecule has 9 nitrogen and oxygen atoms in total. The molecule has 9 heteroatoms. The fraction of sp³-hybridized carbons (Fsp3) is 0.333. The van der Waals surface area contributed by atoms with Crippen molar-refractivity contribution in [3.8, 4) is 0 Å². The van der Waals surface area contributed by atoms with Crippen LogP contribution >= 0.6 is 0 Å². The Kier molecular flexibility index (Phi) is 8.01. The van der Waals surface area contributed by atoms with Crippen molar-refractivity contribution in [2.24, 2.45) is 0 Å². The summed E-state index contributed by atoms with van der Waals surface area (Å²) in [5.41, 5.74) is 1.47. The summed E-state index contributed by atoms with van der Waals surface area (Å²) in [6, 6.07) is 11.3. The molecule has 174 valence electrons. The van der Waals surface area contributed by atoms with Crippen molar-refractivity contribution in [1.29, 1.82) is 0 Å². The van der Waals surface area contributed by atoms with E-state index in [-0.39, 0.29) is 42.8 Å². The van der Waals surface area contributed by atoms with Crippen molar-refractivity contribution in [2.45, 2.75) is 32.7 Å². The first-order chi connectivity index (χ1) is 15.9. The van der Waals surface area contributed by atoms with Crippen LogP contribution in [0.15, 0.2) is 42.5 Å². The van der Waals surface area contributed by atoms with Gasteiger partial charge in [0.05, 0.1) is 42.1 Å². The molecule has 0 aliphatic heterocycles. The SMILES string of the molecule is CCOC(=O)c1cc(NCC(=O)Nc2ccccc2C(=O)NC2CC2)cc(C(=O)OCC)c1. The second-order valence-electron chi connectivity index (χ2n) is 7.44. The van der Waals surface area contributed by atoms with Crippen LogP contribution in [0.1, 0.15) is 57.8 Å². The summed E-state index contributed by atoms with van der Waals surface area (Å²) in [4.78, 5) is 49.3. The van der Waals surface area contributed by atoms with Gasteiger partial charge in [-0.05, 0) is 57.0 Å². The van der Waals surface area contributed by atoms with Crippen molar-refractivity contribution in [3.05, 3.63) is 59.2 Å². The number of esters is 2. The third-order valence-electron chi connectivity index (χ3n) is 4.77. The summed E-state index contributed by atoms with van der Waals surface area (Å²) in [6.07, 6.45) is 1.92. The molecular formula is C24H27N3O6. The zero-order valence-electron chi connectivity index (χ0n) is 18.6. The van der Waals surface area contributed by atoms with Gasteiger partial charge in [-0.1, -0.05) is 12.1 Å². The molecule has 1 aliphatic rings. The predicted molar refractivity (Wildman–Crippen MR) is 122 cm³/mol. The topological polar surface area (TPSA) is 123 Å². The summed E-state index contributed by atoms with van der Waals surface area (Å²) in [5, 5.41) is 8.53. The molecule has 0 unspecified atom stereocenters. The van der Waals surface area contributed by atoms with E-state index in [1.54, 1.807) is 38.1 Å². The minimum atomic E-state index is -0.591. The van der Waals surface area contributed by atoms with Gasteiger partial charge < -0.3 is 25.4 Å². The number of benzene rings is 2. The van der Waals surface area contributed by atoms with Crippen LogP contribution in [0.3, 0.4) is 0 Å². The number of carbonyl (C=O) groups is 4. The van der Waals surface area contributed by atoms with E-state index in [2.05, 4.69) is 16.0 Å². The molecule has 2 amide bonds. The Hall–Kier alpha value is -3.88. The Morgan fingerprint density at radius 3 is 2.09 bits per heavy atom. The molecule has 0 saturated heterocycles. The highest BCUT2D eigenvalue weighted by molar-refractivity contribution is 6.05. The zero-order valence-corrected chi connectivity index (χ0v) is 18.6. The van der Waals surface area contributed by atoms with E-state index < -0.39 is 17.8 Å². The van der Waals surface area contributed by atoms with Crippen LogP contribution in [0, 0.1) is 0 Å². The fourth-order valence-electron chi connectivity index (χ4n) is 3.05. The van der Waals surface area contributed by atoms with Gasteiger partial charge in [-0.3, -0.25) is 9.59 Å².